The molecule has 102 valence electrons. The van der Waals surface area contributed by atoms with Gasteiger partial charge in [-0.05, 0) is 32.2 Å². The second-order valence-electron chi connectivity index (χ2n) is 5.09. The van der Waals surface area contributed by atoms with E-state index in [1.807, 2.05) is 12.1 Å². The van der Waals surface area contributed by atoms with Crippen LogP contribution in [0.5, 0.6) is 0 Å². The number of rotatable bonds is 4. The molecule has 2 unspecified atom stereocenters. The van der Waals surface area contributed by atoms with E-state index in [4.69, 9.17) is 10.5 Å². The number of hydrogen-bond donors (Lipinski definition) is 1. The van der Waals surface area contributed by atoms with Crippen LogP contribution < -0.4 is 5.32 Å². The molecule has 0 aromatic carbocycles. The summed E-state index contributed by atoms with van der Waals surface area (Å²) < 4.78 is 1.74. The highest BCUT2D eigenvalue weighted by Gasteiger charge is 2.40. The van der Waals surface area contributed by atoms with Gasteiger partial charge in [-0.2, -0.15) is 15.8 Å². The van der Waals surface area contributed by atoms with E-state index in [0.29, 0.717) is 12.1 Å². The Morgan fingerprint density at radius 3 is 2.85 bits per heavy atom. The molecule has 2 rings (SSSR count). The molecule has 1 fully saturated rings. The Morgan fingerprint density at radius 1 is 1.45 bits per heavy atom. The maximum absolute atomic E-state index is 9.43. The van der Waals surface area contributed by atoms with Gasteiger partial charge in [0.25, 0.3) is 0 Å². The SMILES string of the molecule is CCCNC1(C#N)CCC(n2cnc(C#N)c2C#N)C1. The lowest BCUT2D eigenvalue weighted by Crippen LogP contribution is -2.42. The molecule has 0 bridgehead atoms. The van der Waals surface area contributed by atoms with E-state index in [1.54, 1.807) is 4.57 Å². The molecule has 0 amide bonds. The lowest BCUT2D eigenvalue weighted by molar-refractivity contribution is 0.399. The molecule has 6 heteroatoms. The molecular formula is C14H16N6. The standard InChI is InChI=1S/C14H16N6/c1-2-5-19-14(9-17)4-3-11(6-14)20-10-18-12(7-15)13(20)8-16/h10-11,19H,2-6H2,1H3. The van der Waals surface area contributed by atoms with Crippen molar-refractivity contribution < 1.29 is 0 Å². The molecule has 0 radical (unpaired) electrons. The molecule has 6 nitrogen and oxygen atoms in total. The maximum Gasteiger partial charge on any atom is 0.176 e. The molecule has 20 heavy (non-hydrogen) atoms. The van der Waals surface area contributed by atoms with Crippen molar-refractivity contribution in [2.75, 3.05) is 6.54 Å². The summed E-state index contributed by atoms with van der Waals surface area (Å²) in [5.74, 6) is 0. The molecule has 1 aliphatic carbocycles. The van der Waals surface area contributed by atoms with Gasteiger partial charge in [0.2, 0.25) is 0 Å². The van der Waals surface area contributed by atoms with Gasteiger partial charge in [0.05, 0.1) is 12.4 Å². The number of nitriles is 3. The molecule has 1 aromatic rings. The van der Waals surface area contributed by atoms with Crippen molar-refractivity contribution in [3.63, 3.8) is 0 Å². The maximum atomic E-state index is 9.43. The second-order valence-corrected chi connectivity index (χ2v) is 5.09. The molecular weight excluding hydrogens is 252 g/mol. The average molecular weight is 268 g/mol. The fourth-order valence-corrected chi connectivity index (χ4v) is 2.75. The van der Waals surface area contributed by atoms with Crippen LogP contribution in [0.25, 0.3) is 0 Å². The van der Waals surface area contributed by atoms with E-state index in [9.17, 15) is 5.26 Å². The molecule has 1 saturated carbocycles. The predicted octanol–water partition coefficient (Wildman–Crippen LogP) is 1.61. The van der Waals surface area contributed by atoms with E-state index in [1.165, 1.54) is 6.33 Å². The Morgan fingerprint density at radius 2 is 2.25 bits per heavy atom. The third-order valence-electron chi connectivity index (χ3n) is 3.81. The third kappa shape index (κ3) is 2.37. The third-order valence-corrected chi connectivity index (χ3v) is 3.81. The molecule has 0 spiro atoms. The van der Waals surface area contributed by atoms with Crippen molar-refractivity contribution >= 4 is 0 Å². The van der Waals surface area contributed by atoms with Gasteiger partial charge in [0.15, 0.2) is 11.4 Å². The van der Waals surface area contributed by atoms with Gasteiger partial charge in [0, 0.05) is 6.04 Å². The van der Waals surface area contributed by atoms with Gasteiger partial charge in [0.1, 0.15) is 17.7 Å². The van der Waals surface area contributed by atoms with E-state index in [-0.39, 0.29) is 11.7 Å². The zero-order chi connectivity index (χ0) is 14.6. The lowest BCUT2D eigenvalue weighted by Gasteiger charge is -2.22. The topological polar surface area (TPSA) is 101 Å². The molecule has 2 atom stereocenters. The van der Waals surface area contributed by atoms with Crippen molar-refractivity contribution in [3.8, 4) is 18.2 Å². The fourth-order valence-electron chi connectivity index (χ4n) is 2.75. The minimum absolute atomic E-state index is 0.0447. The molecule has 0 saturated heterocycles. The normalized spacial score (nSPS) is 24.8. The van der Waals surface area contributed by atoms with Gasteiger partial charge >= 0.3 is 0 Å². The van der Waals surface area contributed by atoms with Crippen molar-refractivity contribution in [2.24, 2.45) is 0 Å². The minimum Gasteiger partial charge on any atom is -0.318 e. The van der Waals surface area contributed by atoms with Gasteiger partial charge in [-0.3, -0.25) is 5.32 Å². The van der Waals surface area contributed by atoms with Crippen molar-refractivity contribution in [1.82, 2.24) is 14.9 Å². The molecule has 0 aliphatic heterocycles. The van der Waals surface area contributed by atoms with E-state index in [0.717, 1.165) is 25.8 Å². The Labute approximate surface area is 118 Å². The Balaban J connectivity index is 2.22. The molecule has 1 N–H and O–H groups in total. The molecule has 1 heterocycles. The first kappa shape index (κ1) is 14.1. The van der Waals surface area contributed by atoms with Gasteiger partial charge in [-0.1, -0.05) is 6.92 Å². The number of imidazole rings is 1. The summed E-state index contributed by atoms with van der Waals surface area (Å²) in [5, 5.41) is 30.8. The number of nitrogens with zero attached hydrogens (tertiary/aromatic N) is 5. The predicted molar refractivity (Wildman–Crippen MR) is 71.2 cm³/mol. The quantitative estimate of drug-likeness (QED) is 0.893. The summed E-state index contributed by atoms with van der Waals surface area (Å²) >= 11 is 0. The fraction of sp³-hybridized carbons (Fsp3) is 0.571. The summed E-state index contributed by atoms with van der Waals surface area (Å²) in [7, 11) is 0. The van der Waals surface area contributed by atoms with Crippen LogP contribution in [0.1, 0.15) is 50.0 Å². The summed E-state index contributed by atoms with van der Waals surface area (Å²) in [4.78, 5) is 3.96. The summed E-state index contributed by atoms with van der Waals surface area (Å²) in [6.45, 7) is 2.87. The number of nitrogens with one attached hydrogen (secondary N) is 1. The first-order valence-electron chi connectivity index (χ1n) is 6.73. The van der Waals surface area contributed by atoms with Crippen molar-refractivity contribution in [1.29, 1.82) is 15.8 Å². The first-order chi connectivity index (χ1) is 9.69. The van der Waals surface area contributed by atoms with Crippen LogP contribution >= 0.6 is 0 Å². The van der Waals surface area contributed by atoms with Crippen LogP contribution in [-0.4, -0.2) is 21.6 Å². The van der Waals surface area contributed by atoms with E-state index >= 15 is 0 Å². The van der Waals surface area contributed by atoms with Crippen LogP contribution in [0, 0.1) is 34.0 Å². The highest BCUT2D eigenvalue weighted by molar-refractivity contribution is 5.36. The Bertz CT molecular complexity index is 611. The second kappa shape index (κ2) is 5.74. The number of hydrogen-bond acceptors (Lipinski definition) is 5. The van der Waals surface area contributed by atoms with Crippen molar-refractivity contribution in [2.45, 2.75) is 44.2 Å². The monoisotopic (exact) mass is 268 g/mol. The van der Waals surface area contributed by atoms with Crippen LogP contribution in [0.15, 0.2) is 6.33 Å². The summed E-state index contributed by atoms with van der Waals surface area (Å²) in [6, 6.07) is 6.38. The molecule has 1 aliphatic rings. The largest absolute Gasteiger partial charge is 0.318 e. The van der Waals surface area contributed by atoms with Gasteiger partial charge < -0.3 is 4.57 Å². The van der Waals surface area contributed by atoms with Crippen LogP contribution in [0.3, 0.4) is 0 Å². The summed E-state index contributed by atoms with van der Waals surface area (Å²) in [5.41, 5.74) is -0.0741. The van der Waals surface area contributed by atoms with Crippen LogP contribution in [0.2, 0.25) is 0 Å². The number of aromatic nitrogens is 2. The van der Waals surface area contributed by atoms with Crippen LogP contribution in [0.4, 0.5) is 0 Å². The minimum atomic E-state index is -0.523. The van der Waals surface area contributed by atoms with Gasteiger partial charge in [-0.15, -0.1) is 0 Å². The van der Waals surface area contributed by atoms with E-state index < -0.39 is 5.54 Å². The van der Waals surface area contributed by atoms with E-state index in [2.05, 4.69) is 23.3 Å². The van der Waals surface area contributed by atoms with Crippen molar-refractivity contribution in [3.05, 3.63) is 17.7 Å². The van der Waals surface area contributed by atoms with Gasteiger partial charge in [-0.25, -0.2) is 4.98 Å². The highest BCUT2D eigenvalue weighted by Crippen LogP contribution is 2.38. The lowest BCUT2D eigenvalue weighted by atomic mass is 9.99. The zero-order valence-corrected chi connectivity index (χ0v) is 11.4. The average Bonchev–Trinajstić information content (AvgIpc) is 3.08. The Kier molecular flexibility index (Phi) is 4.03. The Hall–Kier alpha value is -2.36. The zero-order valence-electron chi connectivity index (χ0n) is 11.4. The first-order valence-corrected chi connectivity index (χ1v) is 6.73. The smallest absolute Gasteiger partial charge is 0.176 e. The van der Waals surface area contributed by atoms with Crippen LogP contribution in [-0.2, 0) is 0 Å². The summed E-state index contributed by atoms with van der Waals surface area (Å²) in [6.07, 6.45) is 4.70. The highest BCUT2D eigenvalue weighted by atomic mass is 15.1. The molecule has 1 aromatic heterocycles.